The molecule has 112 valence electrons. The van der Waals surface area contributed by atoms with Gasteiger partial charge in [0.15, 0.2) is 0 Å². The van der Waals surface area contributed by atoms with Crippen molar-refractivity contribution in [1.82, 2.24) is 10.2 Å². The van der Waals surface area contributed by atoms with E-state index in [9.17, 15) is 0 Å². The summed E-state index contributed by atoms with van der Waals surface area (Å²) in [4.78, 5) is 2.48. The lowest BCUT2D eigenvalue weighted by Gasteiger charge is -2.27. The van der Waals surface area contributed by atoms with Gasteiger partial charge < -0.3 is 10.1 Å². The summed E-state index contributed by atoms with van der Waals surface area (Å²) in [5.41, 5.74) is 1.28. The van der Waals surface area contributed by atoms with Crippen LogP contribution in [0.1, 0.15) is 31.4 Å². The Morgan fingerprint density at radius 3 is 2.85 bits per heavy atom. The summed E-state index contributed by atoms with van der Waals surface area (Å²) in [5, 5.41) is 4.45. The van der Waals surface area contributed by atoms with E-state index in [0.29, 0.717) is 6.04 Å². The molecule has 0 aromatic heterocycles. The number of hydrogen-bond donors (Lipinski definition) is 1. The molecule has 1 saturated heterocycles. The highest BCUT2D eigenvalue weighted by Gasteiger charge is 2.11. The van der Waals surface area contributed by atoms with Gasteiger partial charge in [0.25, 0.3) is 0 Å². The number of morpholine rings is 1. The monoisotopic (exact) mass is 296 g/mol. The second-order valence-corrected chi connectivity index (χ2v) is 5.71. The SMILES string of the molecule is CCC(NCCCN1CCOCC1)c1cccc(Cl)c1. The van der Waals surface area contributed by atoms with Gasteiger partial charge in [-0.3, -0.25) is 4.90 Å². The van der Waals surface area contributed by atoms with E-state index in [1.165, 1.54) is 12.0 Å². The lowest BCUT2D eigenvalue weighted by atomic mass is 10.0. The van der Waals surface area contributed by atoms with Gasteiger partial charge in [-0.25, -0.2) is 0 Å². The minimum absolute atomic E-state index is 0.401. The molecule has 0 bridgehead atoms. The van der Waals surface area contributed by atoms with E-state index in [2.05, 4.69) is 29.3 Å². The summed E-state index contributed by atoms with van der Waals surface area (Å²) in [7, 11) is 0. The minimum Gasteiger partial charge on any atom is -0.379 e. The first kappa shape index (κ1) is 15.8. The summed E-state index contributed by atoms with van der Waals surface area (Å²) in [6.07, 6.45) is 2.26. The van der Waals surface area contributed by atoms with Crippen molar-refractivity contribution in [2.75, 3.05) is 39.4 Å². The Morgan fingerprint density at radius 1 is 1.35 bits per heavy atom. The number of hydrogen-bond acceptors (Lipinski definition) is 3. The minimum atomic E-state index is 0.401. The molecule has 0 spiro atoms. The van der Waals surface area contributed by atoms with Crippen molar-refractivity contribution in [2.45, 2.75) is 25.8 Å². The molecule has 0 saturated carbocycles. The standard InChI is InChI=1S/C16H25ClN2O/c1-2-16(14-5-3-6-15(17)13-14)18-7-4-8-19-9-11-20-12-10-19/h3,5-6,13,16,18H,2,4,7-12H2,1H3. The predicted molar refractivity (Wildman–Crippen MR) is 84.4 cm³/mol. The molecule has 0 radical (unpaired) electrons. The lowest BCUT2D eigenvalue weighted by Crippen LogP contribution is -2.37. The van der Waals surface area contributed by atoms with Crippen LogP contribution in [-0.2, 0) is 4.74 Å². The molecule has 1 aliphatic rings. The molecule has 1 atom stereocenters. The molecule has 1 heterocycles. The molecule has 2 rings (SSSR count). The summed E-state index contributed by atoms with van der Waals surface area (Å²) in [6.45, 7) is 8.32. The van der Waals surface area contributed by atoms with Crippen LogP contribution in [0.2, 0.25) is 5.02 Å². The Balaban J connectivity index is 1.71. The van der Waals surface area contributed by atoms with E-state index in [1.54, 1.807) is 0 Å². The lowest BCUT2D eigenvalue weighted by molar-refractivity contribution is 0.0374. The van der Waals surface area contributed by atoms with Crippen molar-refractivity contribution < 1.29 is 4.74 Å². The quantitative estimate of drug-likeness (QED) is 0.783. The number of benzene rings is 1. The zero-order chi connectivity index (χ0) is 14.2. The van der Waals surface area contributed by atoms with E-state index in [0.717, 1.165) is 50.8 Å². The molecule has 1 aromatic carbocycles. The average molecular weight is 297 g/mol. The van der Waals surface area contributed by atoms with Gasteiger partial charge >= 0.3 is 0 Å². The van der Waals surface area contributed by atoms with E-state index in [1.807, 2.05) is 12.1 Å². The van der Waals surface area contributed by atoms with Crippen LogP contribution in [0.15, 0.2) is 24.3 Å². The molecule has 1 unspecified atom stereocenters. The van der Waals surface area contributed by atoms with Gasteiger partial charge in [-0.2, -0.15) is 0 Å². The Bertz CT molecular complexity index is 394. The van der Waals surface area contributed by atoms with Gasteiger partial charge in [-0.15, -0.1) is 0 Å². The molecule has 4 heteroatoms. The molecule has 0 aliphatic carbocycles. The van der Waals surface area contributed by atoms with Gasteiger partial charge in [0.05, 0.1) is 13.2 Å². The first-order valence-electron chi connectivity index (χ1n) is 7.58. The van der Waals surface area contributed by atoms with E-state index >= 15 is 0 Å². The smallest absolute Gasteiger partial charge is 0.0594 e. The van der Waals surface area contributed by atoms with E-state index in [-0.39, 0.29) is 0 Å². The number of rotatable bonds is 7. The number of halogens is 1. The van der Waals surface area contributed by atoms with Crippen molar-refractivity contribution in [3.8, 4) is 0 Å². The second-order valence-electron chi connectivity index (χ2n) is 5.28. The molecule has 0 amide bonds. The molecule has 1 N–H and O–H groups in total. The highest BCUT2D eigenvalue weighted by Crippen LogP contribution is 2.20. The van der Waals surface area contributed by atoms with Gasteiger partial charge in [-0.1, -0.05) is 30.7 Å². The van der Waals surface area contributed by atoms with Gasteiger partial charge in [0.1, 0.15) is 0 Å². The Kier molecular flexibility index (Phi) is 6.80. The van der Waals surface area contributed by atoms with Crippen LogP contribution in [0.5, 0.6) is 0 Å². The average Bonchev–Trinajstić information content (AvgIpc) is 2.48. The fraction of sp³-hybridized carbons (Fsp3) is 0.625. The maximum atomic E-state index is 6.06. The van der Waals surface area contributed by atoms with Crippen molar-refractivity contribution in [2.24, 2.45) is 0 Å². The van der Waals surface area contributed by atoms with Crippen LogP contribution in [0.4, 0.5) is 0 Å². The van der Waals surface area contributed by atoms with Crippen LogP contribution in [0, 0.1) is 0 Å². The zero-order valence-corrected chi connectivity index (χ0v) is 13.0. The summed E-state index contributed by atoms with van der Waals surface area (Å²) < 4.78 is 5.36. The largest absolute Gasteiger partial charge is 0.379 e. The van der Waals surface area contributed by atoms with Gasteiger partial charge in [0.2, 0.25) is 0 Å². The molecule has 1 aromatic rings. The highest BCUT2D eigenvalue weighted by atomic mass is 35.5. The Labute approximate surface area is 127 Å². The number of ether oxygens (including phenoxy) is 1. The number of nitrogens with zero attached hydrogens (tertiary/aromatic N) is 1. The second kappa shape index (κ2) is 8.63. The van der Waals surface area contributed by atoms with Crippen LogP contribution >= 0.6 is 11.6 Å². The third-order valence-electron chi connectivity index (χ3n) is 3.80. The summed E-state index contributed by atoms with van der Waals surface area (Å²) >= 11 is 6.06. The fourth-order valence-corrected chi connectivity index (χ4v) is 2.82. The molecular formula is C16H25ClN2O. The van der Waals surface area contributed by atoms with Crippen molar-refractivity contribution in [3.63, 3.8) is 0 Å². The van der Waals surface area contributed by atoms with Crippen LogP contribution in [-0.4, -0.2) is 44.3 Å². The van der Waals surface area contributed by atoms with Gasteiger partial charge in [-0.05, 0) is 43.6 Å². The third-order valence-corrected chi connectivity index (χ3v) is 4.04. The van der Waals surface area contributed by atoms with Crippen LogP contribution in [0.3, 0.4) is 0 Å². The highest BCUT2D eigenvalue weighted by molar-refractivity contribution is 6.30. The predicted octanol–water partition coefficient (Wildman–Crippen LogP) is 3.10. The maximum absolute atomic E-state index is 6.06. The third kappa shape index (κ3) is 5.06. The molecule has 1 aliphatic heterocycles. The Morgan fingerprint density at radius 2 is 2.15 bits per heavy atom. The first-order valence-corrected chi connectivity index (χ1v) is 7.96. The van der Waals surface area contributed by atoms with Crippen LogP contribution < -0.4 is 5.32 Å². The molecule has 1 fully saturated rings. The van der Waals surface area contributed by atoms with Crippen molar-refractivity contribution in [3.05, 3.63) is 34.9 Å². The van der Waals surface area contributed by atoms with Crippen molar-refractivity contribution in [1.29, 1.82) is 0 Å². The normalized spacial score (nSPS) is 18.1. The molecular weight excluding hydrogens is 272 g/mol. The fourth-order valence-electron chi connectivity index (χ4n) is 2.62. The zero-order valence-electron chi connectivity index (χ0n) is 12.3. The first-order chi connectivity index (χ1) is 9.79. The number of nitrogens with one attached hydrogen (secondary N) is 1. The summed E-state index contributed by atoms with van der Waals surface area (Å²) in [5.74, 6) is 0. The van der Waals surface area contributed by atoms with Crippen LogP contribution in [0.25, 0.3) is 0 Å². The van der Waals surface area contributed by atoms with Crippen molar-refractivity contribution >= 4 is 11.6 Å². The molecule has 20 heavy (non-hydrogen) atoms. The van der Waals surface area contributed by atoms with Gasteiger partial charge in [0, 0.05) is 24.2 Å². The van der Waals surface area contributed by atoms with E-state index < -0.39 is 0 Å². The Hall–Kier alpha value is -0.610. The maximum Gasteiger partial charge on any atom is 0.0594 e. The van der Waals surface area contributed by atoms with E-state index in [4.69, 9.17) is 16.3 Å². The topological polar surface area (TPSA) is 24.5 Å². The summed E-state index contributed by atoms with van der Waals surface area (Å²) in [6, 6.07) is 8.56. The molecule has 3 nitrogen and oxygen atoms in total.